The zero-order valence-corrected chi connectivity index (χ0v) is 16.0. The summed E-state index contributed by atoms with van der Waals surface area (Å²) < 4.78 is 0. The summed E-state index contributed by atoms with van der Waals surface area (Å²) in [5.74, 6) is 0.618. The van der Waals surface area contributed by atoms with Crippen molar-refractivity contribution in [2.75, 3.05) is 11.9 Å². The molecule has 4 rings (SSSR count). The van der Waals surface area contributed by atoms with Crippen molar-refractivity contribution in [3.8, 4) is 10.4 Å². The van der Waals surface area contributed by atoms with Gasteiger partial charge in [0.25, 0.3) is 0 Å². The van der Waals surface area contributed by atoms with E-state index in [0.29, 0.717) is 11.9 Å². The van der Waals surface area contributed by atoms with E-state index in [1.807, 2.05) is 31.3 Å². The lowest BCUT2D eigenvalue weighted by molar-refractivity contribution is -0.121. The van der Waals surface area contributed by atoms with Crippen LogP contribution in [0.2, 0.25) is 0 Å². The second-order valence-electron chi connectivity index (χ2n) is 7.10. The van der Waals surface area contributed by atoms with Gasteiger partial charge in [0, 0.05) is 30.3 Å². The Labute approximate surface area is 161 Å². The van der Waals surface area contributed by atoms with Crippen LogP contribution in [0.5, 0.6) is 0 Å². The highest BCUT2D eigenvalue weighted by molar-refractivity contribution is 7.15. The number of aliphatic hydroxyl groups excluding tert-OH is 1. The fourth-order valence-electron chi connectivity index (χ4n) is 3.55. The van der Waals surface area contributed by atoms with E-state index in [1.165, 1.54) is 0 Å². The van der Waals surface area contributed by atoms with Gasteiger partial charge in [-0.25, -0.2) is 15.0 Å². The molecule has 2 aromatic heterocycles. The Morgan fingerprint density at radius 2 is 2.04 bits per heavy atom. The highest BCUT2D eigenvalue weighted by Gasteiger charge is 2.26. The van der Waals surface area contributed by atoms with Gasteiger partial charge in [-0.15, -0.1) is 11.3 Å². The van der Waals surface area contributed by atoms with Crippen LogP contribution in [0.1, 0.15) is 30.7 Å². The average Bonchev–Trinajstić information content (AvgIpc) is 3.14. The average molecular weight is 382 g/mol. The lowest BCUT2D eigenvalue weighted by atomic mass is 9.82. The maximum absolute atomic E-state index is 12.5. The van der Waals surface area contributed by atoms with Crippen molar-refractivity contribution in [2.45, 2.75) is 32.6 Å². The molecule has 0 atom stereocenters. The molecule has 7 heteroatoms. The van der Waals surface area contributed by atoms with E-state index in [1.54, 1.807) is 17.5 Å². The molecule has 6 nitrogen and oxygen atoms in total. The van der Waals surface area contributed by atoms with Crippen LogP contribution < -0.4 is 5.32 Å². The summed E-state index contributed by atoms with van der Waals surface area (Å²) in [6.45, 7) is 2.20. The monoisotopic (exact) mass is 382 g/mol. The number of carbonyl (C=O) groups is 1. The zero-order valence-electron chi connectivity index (χ0n) is 15.2. The van der Waals surface area contributed by atoms with Gasteiger partial charge in [-0.05, 0) is 50.2 Å². The fourth-order valence-corrected chi connectivity index (χ4v) is 4.32. The van der Waals surface area contributed by atoms with Gasteiger partial charge in [0.15, 0.2) is 0 Å². The first kappa shape index (κ1) is 18.0. The van der Waals surface area contributed by atoms with E-state index in [2.05, 4.69) is 20.3 Å². The molecule has 2 heterocycles. The second-order valence-corrected chi connectivity index (χ2v) is 8.33. The first-order valence-corrected chi connectivity index (χ1v) is 10.1. The molecular formula is C20H22N4O2S. The number of anilines is 1. The van der Waals surface area contributed by atoms with Gasteiger partial charge >= 0.3 is 0 Å². The molecule has 2 N–H and O–H groups in total. The number of nitrogens with one attached hydrogen (secondary N) is 1. The predicted molar refractivity (Wildman–Crippen MR) is 107 cm³/mol. The van der Waals surface area contributed by atoms with Gasteiger partial charge in [0.1, 0.15) is 0 Å². The van der Waals surface area contributed by atoms with Gasteiger partial charge in [-0.3, -0.25) is 10.1 Å². The summed E-state index contributed by atoms with van der Waals surface area (Å²) in [6, 6.07) is 6.03. The summed E-state index contributed by atoms with van der Waals surface area (Å²) in [6.07, 6.45) is 7.00. The SMILES string of the molecule is Cc1ncc(-c2ccc3cnc(NC(=O)[C@H]4CC[C@H](CO)CC4)nc3c2)s1. The van der Waals surface area contributed by atoms with E-state index in [4.69, 9.17) is 0 Å². The van der Waals surface area contributed by atoms with E-state index >= 15 is 0 Å². The number of aliphatic hydroxyl groups is 1. The van der Waals surface area contributed by atoms with Gasteiger partial charge in [-0.2, -0.15) is 0 Å². The molecule has 1 aromatic carbocycles. The van der Waals surface area contributed by atoms with Crippen molar-refractivity contribution < 1.29 is 9.90 Å². The van der Waals surface area contributed by atoms with Crippen LogP contribution in [0, 0.1) is 18.8 Å². The smallest absolute Gasteiger partial charge is 0.229 e. The zero-order chi connectivity index (χ0) is 18.8. The molecule has 1 saturated carbocycles. The largest absolute Gasteiger partial charge is 0.396 e. The molecule has 0 aliphatic heterocycles. The Morgan fingerprint density at radius 1 is 1.22 bits per heavy atom. The Balaban J connectivity index is 1.51. The molecule has 0 spiro atoms. The highest BCUT2D eigenvalue weighted by atomic mass is 32.1. The van der Waals surface area contributed by atoms with Crippen LogP contribution in [0.4, 0.5) is 5.95 Å². The summed E-state index contributed by atoms with van der Waals surface area (Å²) in [5, 5.41) is 14.1. The highest BCUT2D eigenvalue weighted by Crippen LogP contribution is 2.30. The quantitative estimate of drug-likeness (QED) is 0.717. The minimum absolute atomic E-state index is 0.0278. The number of amides is 1. The number of hydrogen-bond acceptors (Lipinski definition) is 6. The third-order valence-electron chi connectivity index (χ3n) is 5.20. The Morgan fingerprint density at radius 3 is 2.74 bits per heavy atom. The van der Waals surface area contributed by atoms with Gasteiger partial charge in [-0.1, -0.05) is 12.1 Å². The molecule has 1 aliphatic rings. The standard InChI is InChI=1S/C20H22N4O2S/c1-12-21-10-18(27-12)15-6-7-16-9-22-20(23-17(16)8-15)24-19(26)14-4-2-13(11-25)3-5-14/h6-10,13-14,25H,2-5,11H2,1H3,(H,22,23,24,26)/t13-,14-. The number of aryl methyl sites for hydroxylation is 1. The minimum atomic E-state index is -0.0291. The minimum Gasteiger partial charge on any atom is -0.396 e. The third-order valence-corrected chi connectivity index (χ3v) is 6.16. The molecule has 27 heavy (non-hydrogen) atoms. The number of thiazole rings is 1. The Kier molecular flexibility index (Phi) is 5.13. The van der Waals surface area contributed by atoms with Gasteiger partial charge < -0.3 is 5.11 Å². The summed E-state index contributed by atoms with van der Waals surface area (Å²) in [7, 11) is 0. The number of hydrogen-bond donors (Lipinski definition) is 2. The van der Waals surface area contributed by atoms with Crippen molar-refractivity contribution in [3.63, 3.8) is 0 Å². The van der Waals surface area contributed by atoms with Crippen LogP contribution in [0.3, 0.4) is 0 Å². The predicted octanol–water partition coefficient (Wildman–Crippen LogP) is 3.80. The summed E-state index contributed by atoms with van der Waals surface area (Å²) in [4.78, 5) is 26.8. The van der Waals surface area contributed by atoms with Gasteiger partial charge in [0.2, 0.25) is 11.9 Å². The number of carbonyl (C=O) groups excluding carboxylic acids is 1. The topological polar surface area (TPSA) is 88.0 Å². The molecule has 1 aliphatic carbocycles. The number of fused-ring (bicyclic) bond motifs is 1. The first-order valence-electron chi connectivity index (χ1n) is 9.23. The molecule has 0 radical (unpaired) electrons. The van der Waals surface area contributed by atoms with E-state index in [9.17, 15) is 9.90 Å². The Hall–Kier alpha value is -2.38. The van der Waals surface area contributed by atoms with Crippen LogP contribution in [-0.2, 0) is 4.79 Å². The van der Waals surface area contributed by atoms with Crippen LogP contribution in [0.15, 0.2) is 30.6 Å². The molecule has 0 bridgehead atoms. The molecule has 140 valence electrons. The molecular weight excluding hydrogens is 360 g/mol. The molecule has 0 saturated heterocycles. The molecule has 1 amide bonds. The summed E-state index contributed by atoms with van der Waals surface area (Å²) in [5.41, 5.74) is 1.86. The molecule has 0 unspecified atom stereocenters. The number of nitrogens with zero attached hydrogens (tertiary/aromatic N) is 3. The lowest BCUT2D eigenvalue weighted by Gasteiger charge is -2.26. The molecule has 1 fully saturated rings. The van der Waals surface area contributed by atoms with Crippen LogP contribution in [-0.4, -0.2) is 32.6 Å². The summed E-state index contributed by atoms with van der Waals surface area (Å²) >= 11 is 1.64. The maximum atomic E-state index is 12.5. The third kappa shape index (κ3) is 3.99. The van der Waals surface area contributed by atoms with Gasteiger partial charge in [0.05, 0.1) is 15.4 Å². The lowest BCUT2D eigenvalue weighted by Crippen LogP contribution is -2.28. The van der Waals surface area contributed by atoms with Crippen LogP contribution >= 0.6 is 11.3 Å². The van der Waals surface area contributed by atoms with Crippen molar-refractivity contribution in [2.24, 2.45) is 11.8 Å². The number of aromatic nitrogens is 3. The van der Waals surface area contributed by atoms with E-state index < -0.39 is 0 Å². The van der Waals surface area contributed by atoms with E-state index in [0.717, 1.165) is 52.0 Å². The maximum Gasteiger partial charge on any atom is 0.229 e. The normalized spacial score (nSPS) is 19.9. The van der Waals surface area contributed by atoms with E-state index in [-0.39, 0.29) is 18.4 Å². The fraction of sp³-hybridized carbons (Fsp3) is 0.400. The first-order chi connectivity index (χ1) is 13.1. The van der Waals surface area contributed by atoms with Crippen molar-refractivity contribution in [1.82, 2.24) is 15.0 Å². The number of rotatable bonds is 4. The van der Waals surface area contributed by atoms with Crippen molar-refractivity contribution in [1.29, 1.82) is 0 Å². The Bertz CT molecular complexity index is 964. The van der Waals surface area contributed by atoms with Crippen molar-refractivity contribution in [3.05, 3.63) is 35.6 Å². The van der Waals surface area contributed by atoms with Crippen LogP contribution in [0.25, 0.3) is 21.3 Å². The number of benzene rings is 1. The second kappa shape index (κ2) is 7.70. The van der Waals surface area contributed by atoms with Crippen molar-refractivity contribution >= 4 is 34.1 Å². The molecule has 3 aromatic rings.